The number of rotatable bonds is 5. The summed E-state index contributed by atoms with van der Waals surface area (Å²) in [5.74, 6) is 4.84. The van der Waals surface area contributed by atoms with E-state index >= 15 is 0 Å². The van der Waals surface area contributed by atoms with Crippen LogP contribution in [-0.2, 0) is 4.74 Å². The number of hydrogen-bond donors (Lipinski definition) is 2. The van der Waals surface area contributed by atoms with Gasteiger partial charge in [0.15, 0.2) is 0 Å². The Morgan fingerprint density at radius 1 is 0.848 bits per heavy atom. The highest BCUT2D eigenvalue weighted by atomic mass is 79.9. The molecule has 6 rings (SSSR count). The lowest BCUT2D eigenvalue weighted by molar-refractivity contribution is 0.0172. The van der Waals surface area contributed by atoms with Crippen molar-refractivity contribution in [2.24, 2.45) is 35.5 Å². The average Bonchev–Trinajstić information content (AvgIpc) is 3.94. The molecule has 2 aliphatic heterocycles. The first-order valence-electron chi connectivity index (χ1n) is 15.5. The van der Waals surface area contributed by atoms with Crippen LogP contribution >= 0.6 is 39.1 Å². The van der Waals surface area contributed by atoms with Gasteiger partial charge in [-0.2, -0.15) is 0 Å². The second-order valence-electron chi connectivity index (χ2n) is 13.2. The molecule has 2 saturated heterocycles. The molecule has 10 nitrogen and oxygen atoms in total. The van der Waals surface area contributed by atoms with E-state index in [0.717, 1.165) is 61.3 Å². The van der Waals surface area contributed by atoms with Crippen molar-refractivity contribution in [1.29, 1.82) is 0 Å². The first-order chi connectivity index (χ1) is 21.0. The zero-order valence-electron chi connectivity index (χ0n) is 25.8. The third-order valence-electron chi connectivity index (χ3n) is 8.84. The van der Waals surface area contributed by atoms with Crippen molar-refractivity contribution in [3.63, 3.8) is 0 Å². The Morgan fingerprint density at radius 2 is 1.30 bits per heavy atom. The molecule has 4 heterocycles. The lowest BCUT2D eigenvalue weighted by Crippen LogP contribution is -2.42. The SMILES string of the molecule is C.C.CC(C)(C)OC(=O)N1CCC([C@H]2C[C@H]2CO)CC1.Clc1ncc(Br)cn1.OC[C@@H]1C[C@@H]1C1CCN(c2ncc(Cl)cn2)CC1. The largest absolute Gasteiger partial charge is 0.444 e. The maximum Gasteiger partial charge on any atom is 0.410 e. The molecular weight excluding hydrogens is 695 g/mol. The predicted molar refractivity (Wildman–Crippen MR) is 188 cm³/mol. The van der Waals surface area contributed by atoms with Crippen LogP contribution in [0.25, 0.3) is 0 Å². The summed E-state index contributed by atoms with van der Waals surface area (Å²) in [5, 5.41) is 19.1. The molecule has 1 amide bonds. The minimum absolute atomic E-state index is 0. The molecule has 4 atom stereocenters. The van der Waals surface area contributed by atoms with Crippen molar-refractivity contribution in [2.75, 3.05) is 44.3 Å². The topological polar surface area (TPSA) is 125 Å². The van der Waals surface area contributed by atoms with Crippen molar-refractivity contribution in [1.82, 2.24) is 24.8 Å². The van der Waals surface area contributed by atoms with Crippen LogP contribution in [0.5, 0.6) is 0 Å². The van der Waals surface area contributed by atoms with Gasteiger partial charge in [0, 0.05) is 51.8 Å². The Balaban J connectivity index is 0.000000251. The van der Waals surface area contributed by atoms with Gasteiger partial charge in [0.1, 0.15) is 5.60 Å². The van der Waals surface area contributed by atoms with E-state index in [4.69, 9.17) is 38.2 Å². The Hall–Kier alpha value is -1.79. The van der Waals surface area contributed by atoms with Crippen molar-refractivity contribution < 1.29 is 19.7 Å². The van der Waals surface area contributed by atoms with Crippen LogP contribution in [0.1, 0.15) is 74.1 Å². The second kappa shape index (κ2) is 18.7. The molecule has 4 fully saturated rings. The van der Waals surface area contributed by atoms with Crippen LogP contribution in [0.15, 0.2) is 29.3 Å². The Morgan fingerprint density at radius 3 is 1.70 bits per heavy atom. The molecule has 2 aliphatic carbocycles. The maximum atomic E-state index is 11.9. The van der Waals surface area contributed by atoms with Crippen LogP contribution in [0, 0.1) is 35.5 Å². The number of aliphatic hydroxyl groups excluding tert-OH is 2. The standard InChI is InChI=1S/C14H25NO3.C13H18ClN3O.C4H2BrClN2.2CH4/c1-14(2,3)18-13(17)15-6-4-10(5-7-15)12-8-11(12)9-16;14-11-6-15-13(16-7-11)17-3-1-9(2-4-17)12-5-10(12)8-18;5-3-1-7-4(6)8-2-3;;/h10-12,16H,4-9H2,1-3H3;6-7,9-10,12,18H,1-5,8H2;1-2H;2*1H4/t11-,12+;10-,12+;;;/m00.../s1. The van der Waals surface area contributed by atoms with E-state index in [2.05, 4.69) is 40.8 Å². The predicted octanol–water partition coefficient (Wildman–Crippen LogP) is 7.40. The summed E-state index contributed by atoms with van der Waals surface area (Å²) in [7, 11) is 0. The van der Waals surface area contributed by atoms with Crippen molar-refractivity contribution in [2.45, 2.75) is 79.8 Å². The summed E-state index contributed by atoms with van der Waals surface area (Å²) in [4.78, 5) is 31.8. The molecule has 46 heavy (non-hydrogen) atoms. The molecule has 0 bridgehead atoms. The number of hydrogen-bond acceptors (Lipinski definition) is 9. The zero-order valence-corrected chi connectivity index (χ0v) is 28.9. The first-order valence-corrected chi connectivity index (χ1v) is 17.1. The second-order valence-corrected chi connectivity index (χ2v) is 14.9. The lowest BCUT2D eigenvalue weighted by atomic mass is 9.91. The van der Waals surface area contributed by atoms with Crippen LogP contribution < -0.4 is 4.90 Å². The third-order valence-corrected chi connectivity index (χ3v) is 9.64. The molecule has 2 aromatic heterocycles. The van der Waals surface area contributed by atoms with Crippen LogP contribution in [-0.4, -0.2) is 86.1 Å². The van der Waals surface area contributed by atoms with E-state index < -0.39 is 5.60 Å². The number of aromatic nitrogens is 4. The van der Waals surface area contributed by atoms with E-state index in [1.54, 1.807) is 24.8 Å². The number of amides is 1. The molecule has 4 aliphatic rings. The van der Waals surface area contributed by atoms with Gasteiger partial charge in [-0.3, -0.25) is 0 Å². The molecule has 0 unspecified atom stereocenters. The summed E-state index contributed by atoms with van der Waals surface area (Å²) < 4.78 is 6.21. The molecule has 0 spiro atoms. The van der Waals surface area contributed by atoms with E-state index in [-0.39, 0.29) is 26.2 Å². The van der Waals surface area contributed by atoms with E-state index in [1.165, 1.54) is 25.7 Å². The molecule has 13 heteroatoms. The van der Waals surface area contributed by atoms with Gasteiger partial charge in [-0.25, -0.2) is 24.7 Å². The van der Waals surface area contributed by atoms with Gasteiger partial charge in [0.25, 0.3) is 0 Å². The smallest absolute Gasteiger partial charge is 0.410 e. The van der Waals surface area contributed by atoms with Gasteiger partial charge in [0.05, 0.1) is 21.9 Å². The number of carbonyl (C=O) groups is 1. The highest BCUT2D eigenvalue weighted by Gasteiger charge is 2.44. The fourth-order valence-electron chi connectivity index (χ4n) is 6.25. The average molecular weight is 749 g/mol. The number of halogens is 3. The molecule has 2 N–H and O–H groups in total. The molecule has 0 radical (unpaired) electrons. The normalized spacial score (nSPS) is 24.2. The third kappa shape index (κ3) is 12.7. The first kappa shape index (κ1) is 40.4. The van der Waals surface area contributed by atoms with Gasteiger partial charge in [-0.15, -0.1) is 0 Å². The maximum absolute atomic E-state index is 11.9. The van der Waals surface area contributed by atoms with Crippen molar-refractivity contribution >= 4 is 51.2 Å². The number of likely N-dealkylation sites (tertiary alicyclic amines) is 1. The van der Waals surface area contributed by atoms with Crippen LogP contribution in [0.3, 0.4) is 0 Å². The summed E-state index contributed by atoms with van der Waals surface area (Å²) in [6.45, 7) is 10.0. The molecule has 2 saturated carbocycles. The van der Waals surface area contributed by atoms with Gasteiger partial charge in [-0.05, 0) is 122 Å². The summed E-state index contributed by atoms with van der Waals surface area (Å²) in [6, 6.07) is 0. The molecular formula is C33H53BrCl2N6O4. The molecule has 260 valence electrons. The van der Waals surface area contributed by atoms with Gasteiger partial charge in [-0.1, -0.05) is 26.5 Å². The van der Waals surface area contributed by atoms with E-state index in [9.17, 15) is 4.79 Å². The molecule has 0 aromatic carbocycles. The summed E-state index contributed by atoms with van der Waals surface area (Å²) in [5.41, 5.74) is -0.410. The number of ether oxygens (including phenoxy) is 1. The fourth-order valence-corrected chi connectivity index (χ4v) is 6.65. The number of anilines is 1. The lowest BCUT2D eigenvalue weighted by Gasteiger charge is -2.33. The monoisotopic (exact) mass is 746 g/mol. The van der Waals surface area contributed by atoms with Gasteiger partial charge < -0.3 is 24.7 Å². The zero-order chi connectivity index (χ0) is 31.9. The minimum Gasteiger partial charge on any atom is -0.444 e. The number of piperidine rings is 2. The number of nitrogens with zero attached hydrogens (tertiary/aromatic N) is 6. The highest BCUT2D eigenvalue weighted by Crippen LogP contribution is 2.48. The van der Waals surface area contributed by atoms with Crippen molar-refractivity contribution in [3.05, 3.63) is 39.6 Å². The van der Waals surface area contributed by atoms with Crippen LogP contribution in [0.2, 0.25) is 10.3 Å². The number of carbonyl (C=O) groups excluding carboxylic acids is 1. The minimum atomic E-state index is -0.410. The van der Waals surface area contributed by atoms with E-state index in [0.29, 0.717) is 41.9 Å². The Bertz CT molecular complexity index is 1150. The fraction of sp³-hybridized carbons (Fsp3) is 0.727. The quantitative estimate of drug-likeness (QED) is 0.301. The Labute approximate surface area is 293 Å². The van der Waals surface area contributed by atoms with Crippen LogP contribution in [0.4, 0.5) is 10.7 Å². The molecule has 2 aromatic rings. The summed E-state index contributed by atoms with van der Waals surface area (Å²) in [6.07, 6.45) is 13.2. The Kier molecular flexibility index (Phi) is 16.4. The van der Waals surface area contributed by atoms with Gasteiger partial charge >= 0.3 is 6.09 Å². The van der Waals surface area contributed by atoms with Gasteiger partial charge in [0.2, 0.25) is 11.2 Å². The highest BCUT2D eigenvalue weighted by molar-refractivity contribution is 9.10. The number of aliphatic hydroxyl groups is 2. The van der Waals surface area contributed by atoms with Crippen molar-refractivity contribution in [3.8, 4) is 0 Å². The van der Waals surface area contributed by atoms with E-state index in [1.807, 2.05) is 25.7 Å². The summed E-state index contributed by atoms with van der Waals surface area (Å²) >= 11 is 14.3.